The summed E-state index contributed by atoms with van der Waals surface area (Å²) < 4.78 is 12.4. The molecular formula is C23H21N5O6. The molecular weight excluding hydrogens is 442 g/mol. The summed E-state index contributed by atoms with van der Waals surface area (Å²) >= 11 is 0. The smallest absolute Gasteiger partial charge is 0.339 e. The number of hydrogen-bond donors (Lipinski definition) is 1. The number of amides is 1. The first-order valence-corrected chi connectivity index (χ1v) is 10.4. The van der Waals surface area contributed by atoms with Crippen LogP contribution in [0, 0.1) is 17.0 Å². The standard InChI is InChI=1S/C23H21N5O6/c1-13(2)27-22-17(11-24-27)16(10-19(26-22)20-5-4-8-33-20)23(30)34-12-21(29)25-18-7-6-15(28(31)32)9-14(18)3/h4-11,13H,12H2,1-3H3,(H,25,29). The Hall–Kier alpha value is -4.54. The van der Waals surface area contributed by atoms with Gasteiger partial charge in [0.2, 0.25) is 0 Å². The molecule has 0 unspecified atom stereocenters. The van der Waals surface area contributed by atoms with E-state index in [1.165, 1.54) is 36.7 Å². The van der Waals surface area contributed by atoms with Crippen LogP contribution in [0.15, 0.2) is 53.3 Å². The molecule has 0 aliphatic rings. The molecule has 0 aliphatic carbocycles. The first-order chi connectivity index (χ1) is 16.2. The van der Waals surface area contributed by atoms with Crippen molar-refractivity contribution in [3.05, 3.63) is 70.1 Å². The highest BCUT2D eigenvalue weighted by molar-refractivity contribution is 6.04. The molecule has 174 valence electrons. The van der Waals surface area contributed by atoms with Crippen molar-refractivity contribution in [2.75, 3.05) is 11.9 Å². The van der Waals surface area contributed by atoms with Gasteiger partial charge in [-0.1, -0.05) is 0 Å². The first kappa shape index (κ1) is 22.6. The lowest BCUT2D eigenvalue weighted by atomic mass is 10.1. The fourth-order valence-corrected chi connectivity index (χ4v) is 3.41. The van der Waals surface area contributed by atoms with Crippen LogP contribution >= 0.6 is 0 Å². The van der Waals surface area contributed by atoms with Crippen molar-refractivity contribution in [2.24, 2.45) is 0 Å². The second kappa shape index (κ2) is 9.14. The van der Waals surface area contributed by atoms with Gasteiger partial charge in [-0.25, -0.2) is 14.5 Å². The molecule has 1 N–H and O–H groups in total. The maximum Gasteiger partial charge on any atom is 0.339 e. The summed E-state index contributed by atoms with van der Waals surface area (Å²) in [5.74, 6) is -0.835. The number of esters is 1. The Morgan fingerprint density at radius 2 is 2.06 bits per heavy atom. The van der Waals surface area contributed by atoms with Gasteiger partial charge in [0.05, 0.1) is 28.3 Å². The van der Waals surface area contributed by atoms with E-state index in [1.54, 1.807) is 23.7 Å². The van der Waals surface area contributed by atoms with Gasteiger partial charge in [0.1, 0.15) is 5.69 Å². The number of non-ortho nitro benzene ring substituents is 1. The molecule has 4 rings (SSSR count). The van der Waals surface area contributed by atoms with Crippen molar-refractivity contribution in [1.29, 1.82) is 0 Å². The Morgan fingerprint density at radius 3 is 2.71 bits per heavy atom. The van der Waals surface area contributed by atoms with E-state index in [2.05, 4.69) is 15.4 Å². The zero-order valence-electron chi connectivity index (χ0n) is 18.6. The Balaban J connectivity index is 1.55. The predicted molar refractivity (Wildman–Crippen MR) is 122 cm³/mol. The van der Waals surface area contributed by atoms with E-state index >= 15 is 0 Å². The van der Waals surface area contributed by atoms with Crippen molar-refractivity contribution >= 4 is 34.3 Å². The monoisotopic (exact) mass is 463 g/mol. The number of carbonyl (C=O) groups is 2. The van der Waals surface area contributed by atoms with Gasteiger partial charge in [-0.3, -0.25) is 14.9 Å². The Morgan fingerprint density at radius 1 is 1.26 bits per heavy atom. The molecule has 0 radical (unpaired) electrons. The molecule has 0 atom stereocenters. The molecule has 0 saturated carbocycles. The van der Waals surface area contributed by atoms with Crippen molar-refractivity contribution in [3.63, 3.8) is 0 Å². The number of rotatable bonds is 7. The fraction of sp³-hybridized carbons (Fsp3) is 0.217. The number of aryl methyl sites for hydroxylation is 1. The van der Waals surface area contributed by atoms with Crippen molar-refractivity contribution in [2.45, 2.75) is 26.8 Å². The van der Waals surface area contributed by atoms with Crippen LogP contribution in [0.2, 0.25) is 0 Å². The molecule has 3 aromatic heterocycles. The minimum Gasteiger partial charge on any atom is -0.463 e. The lowest BCUT2D eigenvalue weighted by Crippen LogP contribution is -2.21. The number of carbonyl (C=O) groups excluding carboxylic acids is 2. The summed E-state index contributed by atoms with van der Waals surface area (Å²) in [6, 6.07) is 9.02. The molecule has 11 heteroatoms. The molecule has 0 spiro atoms. The molecule has 0 saturated heterocycles. The van der Waals surface area contributed by atoms with Crippen LogP contribution in [-0.2, 0) is 9.53 Å². The normalized spacial score (nSPS) is 11.1. The van der Waals surface area contributed by atoms with E-state index in [0.717, 1.165) is 0 Å². The van der Waals surface area contributed by atoms with Gasteiger partial charge >= 0.3 is 5.97 Å². The van der Waals surface area contributed by atoms with E-state index in [0.29, 0.717) is 33.7 Å². The van der Waals surface area contributed by atoms with Gasteiger partial charge in [-0.2, -0.15) is 5.10 Å². The van der Waals surface area contributed by atoms with Gasteiger partial charge in [0.25, 0.3) is 11.6 Å². The zero-order valence-corrected chi connectivity index (χ0v) is 18.6. The fourth-order valence-electron chi connectivity index (χ4n) is 3.41. The third-order valence-corrected chi connectivity index (χ3v) is 5.08. The van der Waals surface area contributed by atoms with E-state index in [4.69, 9.17) is 9.15 Å². The lowest BCUT2D eigenvalue weighted by Gasteiger charge is -2.11. The molecule has 4 aromatic rings. The first-order valence-electron chi connectivity index (χ1n) is 10.4. The third kappa shape index (κ3) is 4.49. The largest absolute Gasteiger partial charge is 0.463 e. The van der Waals surface area contributed by atoms with E-state index in [9.17, 15) is 19.7 Å². The predicted octanol–water partition coefficient (Wildman–Crippen LogP) is 4.28. The number of nitrogens with one attached hydrogen (secondary N) is 1. The summed E-state index contributed by atoms with van der Waals surface area (Å²) in [6.45, 7) is 4.96. The van der Waals surface area contributed by atoms with E-state index in [1.807, 2.05) is 13.8 Å². The van der Waals surface area contributed by atoms with Crippen molar-refractivity contribution < 1.29 is 23.7 Å². The number of nitrogens with zero attached hydrogens (tertiary/aromatic N) is 4. The number of hydrogen-bond acceptors (Lipinski definition) is 8. The van der Waals surface area contributed by atoms with Crippen molar-refractivity contribution in [1.82, 2.24) is 14.8 Å². The van der Waals surface area contributed by atoms with Crippen LogP contribution in [0.3, 0.4) is 0 Å². The van der Waals surface area contributed by atoms with Crippen LogP contribution in [-0.4, -0.2) is 38.2 Å². The topological polar surface area (TPSA) is 142 Å². The number of pyridine rings is 1. The Kier molecular flexibility index (Phi) is 6.09. The minimum absolute atomic E-state index is 0.00330. The number of ether oxygens (including phenoxy) is 1. The maximum atomic E-state index is 12.9. The molecule has 3 heterocycles. The third-order valence-electron chi connectivity index (χ3n) is 5.08. The Labute approximate surface area is 193 Å². The quantitative estimate of drug-likeness (QED) is 0.243. The number of fused-ring (bicyclic) bond motifs is 1. The summed E-state index contributed by atoms with van der Waals surface area (Å²) in [7, 11) is 0. The Bertz CT molecular complexity index is 1390. The number of nitro groups is 1. The molecule has 0 bridgehead atoms. The van der Waals surface area contributed by atoms with E-state index in [-0.39, 0.29) is 17.3 Å². The molecule has 1 aromatic carbocycles. The summed E-state index contributed by atoms with van der Waals surface area (Å²) in [6.07, 6.45) is 3.04. The van der Waals surface area contributed by atoms with Gasteiger partial charge in [-0.05, 0) is 50.6 Å². The van der Waals surface area contributed by atoms with Crippen LogP contribution in [0.1, 0.15) is 35.8 Å². The van der Waals surface area contributed by atoms with Crippen LogP contribution < -0.4 is 5.32 Å². The number of benzene rings is 1. The van der Waals surface area contributed by atoms with Crippen molar-refractivity contribution in [3.8, 4) is 11.5 Å². The number of aromatic nitrogens is 3. The lowest BCUT2D eigenvalue weighted by molar-refractivity contribution is -0.384. The highest BCUT2D eigenvalue weighted by Crippen LogP contribution is 2.27. The van der Waals surface area contributed by atoms with Gasteiger partial charge in [0, 0.05) is 23.9 Å². The zero-order chi connectivity index (χ0) is 24.4. The number of nitro benzene ring substituents is 1. The highest BCUT2D eigenvalue weighted by Gasteiger charge is 2.21. The molecule has 0 fully saturated rings. The van der Waals surface area contributed by atoms with Crippen LogP contribution in [0.4, 0.5) is 11.4 Å². The van der Waals surface area contributed by atoms with E-state index < -0.39 is 23.4 Å². The highest BCUT2D eigenvalue weighted by atomic mass is 16.6. The van der Waals surface area contributed by atoms with Crippen LogP contribution in [0.25, 0.3) is 22.5 Å². The average molecular weight is 463 g/mol. The SMILES string of the molecule is Cc1cc([N+](=O)[O-])ccc1NC(=O)COC(=O)c1cc(-c2ccco2)nc2c1cnn2C(C)C. The van der Waals surface area contributed by atoms with Crippen LogP contribution in [0.5, 0.6) is 0 Å². The second-order valence-electron chi connectivity index (χ2n) is 7.83. The second-order valence-corrected chi connectivity index (χ2v) is 7.83. The summed E-state index contributed by atoms with van der Waals surface area (Å²) in [5.41, 5.74) is 1.92. The van der Waals surface area contributed by atoms with Gasteiger partial charge < -0.3 is 14.5 Å². The minimum atomic E-state index is -0.723. The van der Waals surface area contributed by atoms with Gasteiger partial charge in [0.15, 0.2) is 18.0 Å². The number of furan rings is 1. The molecule has 11 nitrogen and oxygen atoms in total. The molecule has 34 heavy (non-hydrogen) atoms. The van der Waals surface area contributed by atoms with Gasteiger partial charge in [-0.15, -0.1) is 0 Å². The maximum absolute atomic E-state index is 12.9. The molecule has 1 amide bonds. The summed E-state index contributed by atoms with van der Waals surface area (Å²) in [5, 5.41) is 18.3. The number of anilines is 1. The molecule has 0 aliphatic heterocycles. The average Bonchev–Trinajstić information content (AvgIpc) is 3.48. The summed E-state index contributed by atoms with van der Waals surface area (Å²) in [4.78, 5) is 40.2.